The molecule has 1 aromatic heterocycles. The molecule has 0 bridgehead atoms. The molecule has 1 N–H and O–H groups in total. The van der Waals surface area contributed by atoms with Crippen molar-refractivity contribution in [1.82, 2.24) is 9.29 Å². The van der Waals surface area contributed by atoms with Crippen LogP contribution in [0.4, 0.5) is 0 Å². The van der Waals surface area contributed by atoms with E-state index in [1.807, 2.05) is 0 Å². The van der Waals surface area contributed by atoms with Crippen LogP contribution in [0.3, 0.4) is 0 Å². The van der Waals surface area contributed by atoms with Crippen LogP contribution in [0.5, 0.6) is 0 Å². The Morgan fingerprint density at radius 2 is 2.00 bits per heavy atom. The maximum atomic E-state index is 12.3. The molecule has 1 aliphatic heterocycles. The van der Waals surface area contributed by atoms with Gasteiger partial charge in [0, 0.05) is 19.3 Å². The van der Waals surface area contributed by atoms with Gasteiger partial charge in [-0.3, -0.25) is 0 Å². The van der Waals surface area contributed by atoms with E-state index in [1.165, 1.54) is 16.4 Å². The fraction of sp³-hybridized carbons (Fsp3) is 0.500. The molecular formula is C12H16N2O4S. The second-order valence-electron chi connectivity index (χ2n) is 4.78. The zero-order chi connectivity index (χ0) is 14.0. The molecule has 1 aromatic rings. The van der Waals surface area contributed by atoms with Gasteiger partial charge in [-0.25, -0.2) is 18.2 Å². The van der Waals surface area contributed by atoms with Gasteiger partial charge in [0.25, 0.3) is 10.0 Å². The predicted molar refractivity (Wildman–Crippen MR) is 68.4 cm³/mol. The van der Waals surface area contributed by atoms with E-state index >= 15 is 0 Å². The quantitative estimate of drug-likeness (QED) is 0.901. The molecule has 1 saturated heterocycles. The summed E-state index contributed by atoms with van der Waals surface area (Å²) in [6.07, 6.45) is 2.75. The van der Waals surface area contributed by atoms with Crippen LogP contribution in [0.15, 0.2) is 23.4 Å². The number of piperidine rings is 1. The van der Waals surface area contributed by atoms with Crippen LogP contribution in [-0.2, 0) is 10.0 Å². The highest BCUT2D eigenvalue weighted by Crippen LogP contribution is 2.22. The fourth-order valence-corrected chi connectivity index (χ4v) is 3.40. The van der Waals surface area contributed by atoms with E-state index < -0.39 is 16.0 Å². The topological polar surface area (TPSA) is 87.6 Å². The summed E-state index contributed by atoms with van der Waals surface area (Å²) in [6, 6.07) is 2.51. The Balaban J connectivity index is 2.22. The molecule has 0 aromatic carbocycles. The molecule has 0 aliphatic carbocycles. The van der Waals surface area contributed by atoms with Crippen molar-refractivity contribution in [3.63, 3.8) is 0 Å². The van der Waals surface area contributed by atoms with E-state index in [9.17, 15) is 13.2 Å². The highest BCUT2D eigenvalue weighted by atomic mass is 32.2. The van der Waals surface area contributed by atoms with Gasteiger partial charge in [0.15, 0.2) is 5.03 Å². The average molecular weight is 284 g/mol. The van der Waals surface area contributed by atoms with Crippen molar-refractivity contribution >= 4 is 16.0 Å². The molecule has 7 heteroatoms. The Morgan fingerprint density at radius 1 is 1.37 bits per heavy atom. The number of nitrogens with zero attached hydrogens (tertiary/aromatic N) is 2. The van der Waals surface area contributed by atoms with Gasteiger partial charge in [0.05, 0.1) is 5.56 Å². The van der Waals surface area contributed by atoms with Crippen molar-refractivity contribution in [2.75, 3.05) is 13.1 Å². The van der Waals surface area contributed by atoms with Crippen LogP contribution >= 0.6 is 0 Å². The molecular weight excluding hydrogens is 268 g/mol. The first kappa shape index (κ1) is 14.0. The van der Waals surface area contributed by atoms with Crippen LogP contribution in [-0.4, -0.2) is 41.9 Å². The first-order chi connectivity index (χ1) is 8.91. The molecule has 0 atom stereocenters. The largest absolute Gasteiger partial charge is 0.478 e. The summed E-state index contributed by atoms with van der Waals surface area (Å²) >= 11 is 0. The number of sulfonamides is 1. The number of aromatic nitrogens is 1. The monoisotopic (exact) mass is 284 g/mol. The molecule has 2 rings (SSSR count). The molecule has 2 heterocycles. The third-order valence-corrected chi connectivity index (χ3v) is 5.15. The third-order valence-electron chi connectivity index (χ3n) is 3.33. The Hall–Kier alpha value is -1.47. The molecule has 0 unspecified atom stereocenters. The zero-order valence-corrected chi connectivity index (χ0v) is 11.4. The lowest BCUT2D eigenvalue weighted by Crippen LogP contribution is -2.38. The van der Waals surface area contributed by atoms with E-state index in [1.54, 1.807) is 0 Å². The maximum absolute atomic E-state index is 12.3. The normalized spacial score (nSPS) is 18.4. The van der Waals surface area contributed by atoms with E-state index in [0.29, 0.717) is 19.0 Å². The SMILES string of the molecule is CC1CCN(S(=O)(=O)c2ccc(C(=O)O)cn2)CC1. The Labute approximate surface area is 112 Å². The molecule has 104 valence electrons. The van der Waals surface area contributed by atoms with Crippen molar-refractivity contribution in [2.45, 2.75) is 24.8 Å². The minimum absolute atomic E-state index is 0.0220. The number of carboxylic acids is 1. The molecule has 0 spiro atoms. The Morgan fingerprint density at radius 3 is 2.47 bits per heavy atom. The van der Waals surface area contributed by atoms with Gasteiger partial charge < -0.3 is 5.11 Å². The number of carboxylic acid groups (broad SMARTS) is 1. The van der Waals surface area contributed by atoms with Crippen molar-refractivity contribution in [2.24, 2.45) is 5.92 Å². The first-order valence-corrected chi connectivity index (χ1v) is 7.55. The maximum Gasteiger partial charge on any atom is 0.337 e. The standard InChI is InChI=1S/C12H16N2O4S/c1-9-4-6-14(7-5-9)19(17,18)11-3-2-10(8-13-11)12(15)16/h2-3,8-9H,4-7H2,1H3,(H,15,16). The summed E-state index contributed by atoms with van der Waals surface area (Å²) < 4.78 is 26.0. The molecule has 0 radical (unpaired) electrons. The average Bonchev–Trinajstić information content (AvgIpc) is 2.39. The van der Waals surface area contributed by atoms with Gasteiger partial charge in [-0.05, 0) is 30.9 Å². The van der Waals surface area contributed by atoms with Gasteiger partial charge in [0.2, 0.25) is 0 Å². The highest BCUT2D eigenvalue weighted by molar-refractivity contribution is 7.89. The number of carbonyl (C=O) groups is 1. The van der Waals surface area contributed by atoms with Crippen LogP contribution in [0.2, 0.25) is 0 Å². The van der Waals surface area contributed by atoms with Gasteiger partial charge in [0.1, 0.15) is 0 Å². The lowest BCUT2D eigenvalue weighted by Gasteiger charge is -2.28. The second kappa shape index (κ2) is 5.26. The number of aromatic carboxylic acids is 1. The number of rotatable bonds is 3. The van der Waals surface area contributed by atoms with Crippen LogP contribution < -0.4 is 0 Å². The molecule has 0 saturated carbocycles. The van der Waals surface area contributed by atoms with Gasteiger partial charge in [-0.2, -0.15) is 4.31 Å². The van der Waals surface area contributed by atoms with Crippen molar-refractivity contribution in [3.05, 3.63) is 23.9 Å². The van der Waals surface area contributed by atoms with E-state index in [2.05, 4.69) is 11.9 Å². The van der Waals surface area contributed by atoms with Gasteiger partial charge >= 0.3 is 5.97 Å². The van der Waals surface area contributed by atoms with Gasteiger partial charge in [-0.1, -0.05) is 6.92 Å². The lowest BCUT2D eigenvalue weighted by molar-refractivity contribution is 0.0696. The van der Waals surface area contributed by atoms with Crippen molar-refractivity contribution in [1.29, 1.82) is 0 Å². The summed E-state index contributed by atoms with van der Waals surface area (Å²) in [5, 5.41) is 8.67. The Kier molecular flexibility index (Phi) is 3.86. The smallest absolute Gasteiger partial charge is 0.337 e. The summed E-state index contributed by atoms with van der Waals surface area (Å²) in [5.41, 5.74) is -0.0220. The third kappa shape index (κ3) is 2.93. The Bertz CT molecular complexity index is 560. The number of hydrogen-bond donors (Lipinski definition) is 1. The van der Waals surface area contributed by atoms with Gasteiger partial charge in [-0.15, -0.1) is 0 Å². The minimum Gasteiger partial charge on any atom is -0.478 e. The van der Waals surface area contributed by atoms with Crippen molar-refractivity contribution in [3.8, 4) is 0 Å². The second-order valence-corrected chi connectivity index (χ2v) is 6.66. The summed E-state index contributed by atoms with van der Waals surface area (Å²) in [6.45, 7) is 3.08. The van der Waals surface area contributed by atoms with Crippen LogP contribution in [0, 0.1) is 5.92 Å². The van der Waals surface area contributed by atoms with E-state index in [4.69, 9.17) is 5.11 Å². The lowest BCUT2D eigenvalue weighted by atomic mass is 10.0. The summed E-state index contributed by atoms with van der Waals surface area (Å²) in [5.74, 6) is -0.586. The van der Waals surface area contributed by atoms with Crippen molar-refractivity contribution < 1.29 is 18.3 Å². The van der Waals surface area contributed by atoms with Crippen LogP contribution in [0.1, 0.15) is 30.1 Å². The highest BCUT2D eigenvalue weighted by Gasteiger charge is 2.29. The summed E-state index contributed by atoms with van der Waals surface area (Å²) in [7, 11) is -3.60. The zero-order valence-electron chi connectivity index (χ0n) is 10.6. The molecule has 0 amide bonds. The molecule has 19 heavy (non-hydrogen) atoms. The minimum atomic E-state index is -3.60. The first-order valence-electron chi connectivity index (χ1n) is 6.11. The molecule has 1 aliphatic rings. The number of pyridine rings is 1. The predicted octanol–water partition coefficient (Wildman–Crippen LogP) is 1.20. The molecule has 6 nitrogen and oxygen atoms in total. The van der Waals surface area contributed by atoms with E-state index in [-0.39, 0.29) is 10.6 Å². The van der Waals surface area contributed by atoms with E-state index in [0.717, 1.165) is 19.0 Å². The van der Waals surface area contributed by atoms with Crippen LogP contribution in [0.25, 0.3) is 0 Å². The summed E-state index contributed by atoms with van der Waals surface area (Å²) in [4.78, 5) is 14.5. The number of hydrogen-bond acceptors (Lipinski definition) is 4. The molecule has 1 fully saturated rings. The fourth-order valence-electron chi connectivity index (χ4n) is 2.02.